The lowest BCUT2D eigenvalue weighted by molar-refractivity contribution is -0.140. The number of nitrogens with one attached hydrogen (secondary N) is 1. The van der Waals surface area contributed by atoms with Gasteiger partial charge in [-0.1, -0.05) is 18.6 Å². The molecule has 1 aliphatic carbocycles. The number of carbonyl (C=O) groups excluding carboxylic acids is 1. The van der Waals surface area contributed by atoms with E-state index in [4.69, 9.17) is 16.3 Å². The van der Waals surface area contributed by atoms with Gasteiger partial charge in [-0.2, -0.15) is 13.2 Å². The Hall–Kier alpha value is -2.26. The van der Waals surface area contributed by atoms with Crippen molar-refractivity contribution in [3.05, 3.63) is 51.7 Å². The second-order valence-corrected chi connectivity index (χ2v) is 10.8. The number of Topliss-reactive ketones (excluding diaryl/α,β-unsaturated/α-hetero) is 1. The number of hydrogen-bond donors (Lipinski definition) is 1. The zero-order valence-corrected chi connectivity index (χ0v) is 22.3. The molecule has 0 radical (unpaired) electrons. The van der Waals surface area contributed by atoms with Crippen LogP contribution in [0.5, 0.6) is 0 Å². The Labute approximate surface area is 225 Å². The van der Waals surface area contributed by atoms with Crippen LogP contribution in [0.3, 0.4) is 0 Å². The molecule has 4 rings (SSSR count). The summed E-state index contributed by atoms with van der Waals surface area (Å²) in [7, 11) is 0. The molecule has 1 unspecified atom stereocenters. The van der Waals surface area contributed by atoms with Crippen LogP contribution in [-0.2, 0) is 28.5 Å². The van der Waals surface area contributed by atoms with E-state index in [1.807, 2.05) is 0 Å². The number of ketones is 1. The van der Waals surface area contributed by atoms with Crippen molar-refractivity contribution in [3.8, 4) is 0 Å². The molecule has 0 saturated carbocycles. The first-order valence-corrected chi connectivity index (χ1v) is 13.8. The molecular formula is C28H34ClF4N3O2. The summed E-state index contributed by atoms with van der Waals surface area (Å²) in [4.78, 5) is 21.4. The highest BCUT2D eigenvalue weighted by Gasteiger charge is 2.35. The van der Waals surface area contributed by atoms with Crippen molar-refractivity contribution in [1.82, 2.24) is 9.97 Å². The van der Waals surface area contributed by atoms with Gasteiger partial charge < -0.3 is 10.1 Å². The molecule has 0 amide bonds. The molecule has 208 valence electrons. The van der Waals surface area contributed by atoms with Crippen LogP contribution in [0.1, 0.15) is 86.7 Å². The lowest BCUT2D eigenvalue weighted by Gasteiger charge is -2.27. The van der Waals surface area contributed by atoms with E-state index < -0.39 is 23.6 Å². The van der Waals surface area contributed by atoms with Crippen LogP contribution in [0.15, 0.2) is 18.2 Å². The van der Waals surface area contributed by atoms with Crippen molar-refractivity contribution in [2.45, 2.75) is 83.4 Å². The fraction of sp³-hybridized carbons (Fsp3) is 0.607. The standard InChI is InChI=1S/C28H34ClF4N3O2/c1-17(21-6-4-7-23(25(21)30)28(31,32)33)34-26-22-16-19(9-11-24(22)35-27(29)36-26)8-10-20(37)15-18-5-2-3-13-38-14-12-18/h4,6-7,17-19H,2-3,5,8-16H2,1H3,(H,34,35,36)/t17-,18?,19+/m1/s1. The monoisotopic (exact) mass is 555 g/mol. The van der Waals surface area contributed by atoms with Gasteiger partial charge in [0, 0.05) is 37.2 Å². The molecule has 1 saturated heterocycles. The summed E-state index contributed by atoms with van der Waals surface area (Å²) < 4.78 is 59.9. The fourth-order valence-electron chi connectivity index (χ4n) is 5.53. The number of anilines is 1. The summed E-state index contributed by atoms with van der Waals surface area (Å²) >= 11 is 6.14. The summed E-state index contributed by atoms with van der Waals surface area (Å²) in [6, 6.07) is 2.46. The first-order chi connectivity index (χ1) is 18.1. The van der Waals surface area contributed by atoms with Crippen LogP contribution >= 0.6 is 11.6 Å². The lowest BCUT2D eigenvalue weighted by atomic mass is 9.82. The van der Waals surface area contributed by atoms with Crippen molar-refractivity contribution in [3.63, 3.8) is 0 Å². The minimum absolute atomic E-state index is 0.0276. The molecule has 5 nitrogen and oxygen atoms in total. The minimum Gasteiger partial charge on any atom is -0.381 e. The van der Waals surface area contributed by atoms with Crippen molar-refractivity contribution in [2.75, 3.05) is 18.5 Å². The van der Waals surface area contributed by atoms with Crippen LogP contribution in [0.4, 0.5) is 23.4 Å². The van der Waals surface area contributed by atoms with Crippen LogP contribution in [0, 0.1) is 17.7 Å². The van der Waals surface area contributed by atoms with Gasteiger partial charge in [0.25, 0.3) is 0 Å². The minimum atomic E-state index is -4.79. The number of aryl methyl sites for hydroxylation is 1. The Morgan fingerprint density at radius 1 is 1.16 bits per heavy atom. The predicted molar refractivity (Wildman–Crippen MR) is 138 cm³/mol. The number of rotatable bonds is 8. The molecule has 2 heterocycles. The fourth-order valence-corrected chi connectivity index (χ4v) is 5.72. The largest absolute Gasteiger partial charge is 0.419 e. The highest BCUT2D eigenvalue weighted by molar-refractivity contribution is 6.28. The van der Waals surface area contributed by atoms with Gasteiger partial charge in [0.1, 0.15) is 17.4 Å². The summed E-state index contributed by atoms with van der Waals surface area (Å²) in [6.07, 6.45) is 3.37. The summed E-state index contributed by atoms with van der Waals surface area (Å²) in [5.74, 6) is 0.00819. The van der Waals surface area contributed by atoms with Crippen LogP contribution < -0.4 is 5.32 Å². The normalized spacial score (nSPS) is 21.2. The van der Waals surface area contributed by atoms with Gasteiger partial charge in [0.2, 0.25) is 5.28 Å². The molecule has 1 aromatic carbocycles. The van der Waals surface area contributed by atoms with Gasteiger partial charge in [0.15, 0.2) is 0 Å². The molecule has 0 spiro atoms. The van der Waals surface area contributed by atoms with Crippen molar-refractivity contribution in [2.24, 2.45) is 11.8 Å². The molecule has 0 bridgehead atoms. The van der Waals surface area contributed by atoms with E-state index in [9.17, 15) is 22.4 Å². The van der Waals surface area contributed by atoms with E-state index in [1.54, 1.807) is 6.92 Å². The Balaban J connectivity index is 1.41. The number of fused-ring (bicyclic) bond motifs is 1. The first kappa shape index (κ1) is 28.7. The molecule has 3 atom stereocenters. The zero-order chi connectivity index (χ0) is 27.3. The Morgan fingerprint density at radius 2 is 1.97 bits per heavy atom. The van der Waals surface area contributed by atoms with E-state index in [0.717, 1.165) is 69.1 Å². The second kappa shape index (κ2) is 12.7. The number of alkyl halides is 3. The van der Waals surface area contributed by atoms with Gasteiger partial charge in [-0.3, -0.25) is 4.79 Å². The molecule has 2 aliphatic rings. The number of ether oxygens (including phenoxy) is 1. The predicted octanol–water partition coefficient (Wildman–Crippen LogP) is 7.51. The molecule has 1 aromatic heterocycles. The van der Waals surface area contributed by atoms with Gasteiger partial charge >= 0.3 is 6.18 Å². The van der Waals surface area contributed by atoms with E-state index in [2.05, 4.69) is 15.3 Å². The van der Waals surface area contributed by atoms with Crippen LogP contribution in [0.2, 0.25) is 5.28 Å². The number of nitrogens with zero attached hydrogens (tertiary/aromatic N) is 2. The quantitative estimate of drug-likeness (QED) is 0.270. The second-order valence-electron chi connectivity index (χ2n) is 10.5. The highest BCUT2D eigenvalue weighted by atomic mass is 35.5. The topological polar surface area (TPSA) is 64.1 Å². The first-order valence-electron chi connectivity index (χ1n) is 13.4. The van der Waals surface area contributed by atoms with Crippen LogP contribution in [0.25, 0.3) is 0 Å². The van der Waals surface area contributed by atoms with Gasteiger partial charge in [-0.05, 0) is 81.4 Å². The third-order valence-electron chi connectivity index (χ3n) is 7.67. The van der Waals surface area contributed by atoms with E-state index in [-0.39, 0.29) is 22.5 Å². The van der Waals surface area contributed by atoms with E-state index >= 15 is 0 Å². The van der Waals surface area contributed by atoms with Crippen molar-refractivity contribution >= 4 is 23.2 Å². The Bertz CT molecular complexity index is 1120. The van der Waals surface area contributed by atoms with E-state index in [0.29, 0.717) is 37.4 Å². The van der Waals surface area contributed by atoms with Crippen LogP contribution in [-0.4, -0.2) is 29.0 Å². The van der Waals surface area contributed by atoms with Crippen molar-refractivity contribution < 1.29 is 27.1 Å². The van der Waals surface area contributed by atoms with Gasteiger partial charge in [-0.15, -0.1) is 0 Å². The molecule has 1 N–H and O–H groups in total. The highest BCUT2D eigenvalue weighted by Crippen LogP contribution is 2.37. The molecule has 2 aromatic rings. The zero-order valence-electron chi connectivity index (χ0n) is 21.6. The van der Waals surface area contributed by atoms with Crippen molar-refractivity contribution in [1.29, 1.82) is 0 Å². The number of halogens is 5. The maximum Gasteiger partial charge on any atom is 0.419 e. The molecule has 38 heavy (non-hydrogen) atoms. The number of hydrogen-bond acceptors (Lipinski definition) is 5. The molecule has 1 aliphatic heterocycles. The number of benzene rings is 1. The molecule has 10 heteroatoms. The SMILES string of the molecule is C[C@@H](Nc1nc(Cl)nc2c1C[C@@H](CCC(=O)CC1CCCCOCC1)CC2)c1cccc(C(F)(F)F)c1F. The maximum absolute atomic E-state index is 14.7. The smallest absolute Gasteiger partial charge is 0.381 e. The molecular weight excluding hydrogens is 522 g/mol. The maximum atomic E-state index is 14.7. The van der Waals surface area contributed by atoms with Gasteiger partial charge in [-0.25, -0.2) is 14.4 Å². The Kier molecular flexibility index (Phi) is 9.63. The van der Waals surface area contributed by atoms with Gasteiger partial charge in [0.05, 0.1) is 17.3 Å². The summed E-state index contributed by atoms with van der Waals surface area (Å²) in [6.45, 7) is 3.11. The Morgan fingerprint density at radius 3 is 2.76 bits per heavy atom. The third kappa shape index (κ3) is 7.44. The lowest BCUT2D eigenvalue weighted by Crippen LogP contribution is -2.22. The average Bonchev–Trinajstić information content (AvgIpc) is 2.83. The summed E-state index contributed by atoms with van der Waals surface area (Å²) in [5, 5.41) is 3.10. The number of aromatic nitrogens is 2. The average molecular weight is 556 g/mol. The summed E-state index contributed by atoms with van der Waals surface area (Å²) in [5.41, 5.74) is 0.194. The third-order valence-corrected chi connectivity index (χ3v) is 7.84. The van der Waals surface area contributed by atoms with E-state index in [1.165, 1.54) is 12.1 Å². The molecule has 1 fully saturated rings. The number of carbonyl (C=O) groups is 1.